The summed E-state index contributed by atoms with van der Waals surface area (Å²) in [6, 6.07) is 55.1. The van der Waals surface area contributed by atoms with Gasteiger partial charge in [0.1, 0.15) is 0 Å². The lowest BCUT2D eigenvalue weighted by molar-refractivity contribution is 1.18. The normalized spacial score (nSPS) is 11.8. The molecule has 0 unspecified atom stereocenters. The van der Waals surface area contributed by atoms with Gasteiger partial charge < -0.3 is 9.55 Å². The summed E-state index contributed by atoms with van der Waals surface area (Å²) < 4.78 is 2.44. The summed E-state index contributed by atoms with van der Waals surface area (Å²) >= 11 is 0. The van der Waals surface area contributed by atoms with E-state index >= 15 is 0 Å². The SMILES string of the molecule is c1ccc(-c2cc(-c3ccccc3)cc(-n3c4ccccc4c4cc5cc6c(cc5cc43)[nH]c3ccccc36)c2)cc1. The minimum absolute atomic E-state index is 1.16. The van der Waals surface area contributed by atoms with Crippen LogP contribution in [0.25, 0.3) is 82.3 Å². The van der Waals surface area contributed by atoms with Crippen molar-refractivity contribution in [2.45, 2.75) is 0 Å². The highest BCUT2D eigenvalue weighted by Gasteiger charge is 2.16. The predicted molar refractivity (Wildman–Crippen MR) is 179 cm³/mol. The number of hydrogen-bond acceptors (Lipinski definition) is 0. The topological polar surface area (TPSA) is 20.7 Å². The van der Waals surface area contributed by atoms with Crippen LogP contribution in [-0.2, 0) is 0 Å². The first-order valence-corrected chi connectivity index (χ1v) is 14.4. The number of hydrogen-bond donors (Lipinski definition) is 1. The summed E-state index contributed by atoms with van der Waals surface area (Å²) in [5.41, 5.74) is 10.8. The molecule has 9 aromatic rings. The third-order valence-electron chi connectivity index (χ3n) is 8.64. The Morgan fingerprint density at radius 3 is 1.69 bits per heavy atom. The van der Waals surface area contributed by atoms with Crippen molar-refractivity contribution in [2.75, 3.05) is 0 Å². The maximum absolute atomic E-state index is 3.64. The fraction of sp³-hybridized carbons (Fsp3) is 0. The second-order valence-electron chi connectivity index (χ2n) is 11.1. The molecular formula is C40H26N2. The molecule has 0 aliphatic heterocycles. The number of nitrogens with zero attached hydrogens (tertiary/aromatic N) is 1. The zero-order valence-corrected chi connectivity index (χ0v) is 22.9. The van der Waals surface area contributed by atoms with E-state index in [0.717, 1.165) is 5.69 Å². The monoisotopic (exact) mass is 534 g/mol. The minimum Gasteiger partial charge on any atom is -0.354 e. The summed E-state index contributed by atoms with van der Waals surface area (Å²) in [6.07, 6.45) is 0. The highest BCUT2D eigenvalue weighted by Crippen LogP contribution is 2.39. The van der Waals surface area contributed by atoms with Crippen molar-refractivity contribution in [3.05, 3.63) is 152 Å². The number of rotatable bonds is 3. The summed E-state index contributed by atoms with van der Waals surface area (Å²) in [7, 11) is 0. The predicted octanol–water partition coefficient (Wildman–Crippen LogP) is 10.9. The van der Waals surface area contributed by atoms with Crippen LogP contribution in [0.15, 0.2) is 152 Å². The van der Waals surface area contributed by atoms with Gasteiger partial charge in [0.2, 0.25) is 0 Å². The fourth-order valence-corrected chi connectivity index (χ4v) is 6.68. The molecule has 2 aromatic heterocycles. The molecule has 2 nitrogen and oxygen atoms in total. The van der Waals surface area contributed by atoms with Gasteiger partial charge in [0.15, 0.2) is 0 Å². The maximum atomic E-state index is 3.64. The Balaban J connectivity index is 1.37. The van der Waals surface area contributed by atoms with Gasteiger partial charge in [0.25, 0.3) is 0 Å². The fourth-order valence-electron chi connectivity index (χ4n) is 6.68. The molecule has 7 aromatic carbocycles. The van der Waals surface area contributed by atoms with E-state index in [1.54, 1.807) is 0 Å². The molecule has 1 N–H and O–H groups in total. The molecule has 0 spiro atoms. The number of H-pyrrole nitrogens is 1. The average Bonchev–Trinajstić information content (AvgIpc) is 3.58. The largest absolute Gasteiger partial charge is 0.354 e. The Labute approximate surface area is 243 Å². The number of aromatic nitrogens is 2. The van der Waals surface area contributed by atoms with E-state index in [4.69, 9.17) is 0 Å². The molecule has 0 radical (unpaired) electrons. The van der Waals surface area contributed by atoms with Crippen LogP contribution in [-0.4, -0.2) is 9.55 Å². The molecule has 0 atom stereocenters. The molecule has 2 heterocycles. The van der Waals surface area contributed by atoms with Gasteiger partial charge in [-0.05, 0) is 87.6 Å². The lowest BCUT2D eigenvalue weighted by Gasteiger charge is -2.14. The Bertz CT molecular complexity index is 2390. The lowest BCUT2D eigenvalue weighted by atomic mass is 9.98. The van der Waals surface area contributed by atoms with E-state index in [9.17, 15) is 0 Å². The number of fused-ring (bicyclic) bond motifs is 7. The molecule has 0 aliphatic rings. The van der Waals surface area contributed by atoms with Gasteiger partial charge in [-0.3, -0.25) is 0 Å². The van der Waals surface area contributed by atoms with Gasteiger partial charge in [0, 0.05) is 38.3 Å². The molecule has 0 fully saturated rings. The van der Waals surface area contributed by atoms with E-state index in [2.05, 4.69) is 161 Å². The van der Waals surface area contributed by atoms with Crippen LogP contribution in [0.5, 0.6) is 0 Å². The van der Waals surface area contributed by atoms with Crippen molar-refractivity contribution in [2.24, 2.45) is 0 Å². The first-order chi connectivity index (χ1) is 20.8. The van der Waals surface area contributed by atoms with Crippen molar-refractivity contribution >= 4 is 54.4 Å². The second kappa shape index (κ2) is 8.95. The van der Waals surface area contributed by atoms with Crippen molar-refractivity contribution < 1.29 is 0 Å². The number of aromatic amines is 1. The van der Waals surface area contributed by atoms with E-state index in [0.29, 0.717) is 0 Å². The van der Waals surface area contributed by atoms with Crippen LogP contribution in [0.3, 0.4) is 0 Å². The van der Waals surface area contributed by atoms with Crippen molar-refractivity contribution in [3.63, 3.8) is 0 Å². The first kappa shape index (κ1) is 23.1. The minimum atomic E-state index is 1.16. The van der Waals surface area contributed by atoms with Crippen LogP contribution < -0.4 is 0 Å². The highest BCUT2D eigenvalue weighted by molar-refractivity contribution is 6.17. The third kappa shape index (κ3) is 3.52. The first-order valence-electron chi connectivity index (χ1n) is 14.4. The lowest BCUT2D eigenvalue weighted by Crippen LogP contribution is -1.96. The third-order valence-corrected chi connectivity index (χ3v) is 8.64. The number of para-hydroxylation sites is 2. The van der Waals surface area contributed by atoms with Crippen LogP contribution in [0.2, 0.25) is 0 Å². The second-order valence-corrected chi connectivity index (χ2v) is 11.1. The van der Waals surface area contributed by atoms with Gasteiger partial charge in [0.05, 0.1) is 11.0 Å². The molecule has 0 aliphatic carbocycles. The number of benzene rings is 7. The summed E-state index contributed by atoms with van der Waals surface area (Å²) in [4.78, 5) is 3.64. The number of nitrogens with one attached hydrogen (secondary N) is 1. The zero-order chi connectivity index (χ0) is 27.6. The van der Waals surface area contributed by atoms with Gasteiger partial charge in [-0.1, -0.05) is 97.1 Å². The molecule has 0 saturated carbocycles. The van der Waals surface area contributed by atoms with Gasteiger partial charge in [-0.15, -0.1) is 0 Å². The molecule has 42 heavy (non-hydrogen) atoms. The quantitative estimate of drug-likeness (QED) is 0.233. The van der Waals surface area contributed by atoms with Crippen LogP contribution in [0, 0.1) is 0 Å². The van der Waals surface area contributed by atoms with Crippen molar-refractivity contribution in [1.29, 1.82) is 0 Å². The Kier molecular flexibility index (Phi) is 4.93. The van der Waals surface area contributed by atoms with Crippen LogP contribution >= 0.6 is 0 Å². The Morgan fingerprint density at radius 1 is 0.357 bits per heavy atom. The van der Waals surface area contributed by atoms with E-state index in [1.807, 2.05) is 0 Å². The molecule has 196 valence electrons. The van der Waals surface area contributed by atoms with Gasteiger partial charge in [-0.25, -0.2) is 0 Å². The average molecular weight is 535 g/mol. The van der Waals surface area contributed by atoms with Crippen molar-refractivity contribution in [3.8, 4) is 27.9 Å². The van der Waals surface area contributed by atoms with Crippen LogP contribution in [0.1, 0.15) is 0 Å². The van der Waals surface area contributed by atoms with Gasteiger partial charge in [-0.2, -0.15) is 0 Å². The van der Waals surface area contributed by atoms with Gasteiger partial charge >= 0.3 is 0 Å². The molecule has 9 rings (SSSR count). The standard InChI is InChI=1S/C40H26N2/c1-3-11-26(12-4-1)28-19-29(27-13-5-2-6-14-27)21-32(20-28)42-39-18-10-8-16-34(39)36-23-30-22-35-33-15-7-9-17-37(33)41-38(35)24-31(30)25-40(36)42/h1-25,41H. The summed E-state index contributed by atoms with van der Waals surface area (Å²) in [5.74, 6) is 0. The molecule has 0 bridgehead atoms. The summed E-state index contributed by atoms with van der Waals surface area (Å²) in [5, 5.41) is 7.55. The smallest absolute Gasteiger partial charge is 0.0547 e. The molecule has 0 amide bonds. The van der Waals surface area contributed by atoms with E-state index in [1.165, 1.54) is 76.6 Å². The maximum Gasteiger partial charge on any atom is 0.0547 e. The summed E-state index contributed by atoms with van der Waals surface area (Å²) in [6.45, 7) is 0. The van der Waals surface area contributed by atoms with Crippen LogP contribution in [0.4, 0.5) is 0 Å². The molecule has 0 saturated heterocycles. The Morgan fingerprint density at radius 2 is 0.952 bits per heavy atom. The van der Waals surface area contributed by atoms with Crippen molar-refractivity contribution in [1.82, 2.24) is 9.55 Å². The van der Waals surface area contributed by atoms with E-state index < -0.39 is 0 Å². The van der Waals surface area contributed by atoms with E-state index in [-0.39, 0.29) is 0 Å². The molecular weight excluding hydrogens is 508 g/mol. The zero-order valence-electron chi connectivity index (χ0n) is 22.9. The highest BCUT2D eigenvalue weighted by atomic mass is 15.0. The Hall–Kier alpha value is -5.60. The molecule has 2 heteroatoms.